The third-order valence-electron chi connectivity index (χ3n) is 2.78. The van der Waals surface area contributed by atoms with Crippen LogP contribution >= 0.6 is 0 Å². The lowest BCUT2D eigenvalue weighted by molar-refractivity contribution is -0.143. The van der Waals surface area contributed by atoms with Gasteiger partial charge in [-0.25, -0.2) is 4.79 Å². The monoisotopic (exact) mass is 295 g/mol. The van der Waals surface area contributed by atoms with E-state index in [1.54, 1.807) is 24.5 Å². The first-order chi connectivity index (χ1) is 9.90. The first-order valence-corrected chi connectivity index (χ1v) is 6.29. The van der Waals surface area contributed by atoms with Gasteiger partial charge >= 0.3 is 11.9 Å². The number of nitrogens with two attached hydrogens (primary N) is 1. The van der Waals surface area contributed by atoms with Crippen LogP contribution in [0.5, 0.6) is 0 Å². The number of hydrogen-bond donors (Lipinski definition) is 4. The van der Waals surface area contributed by atoms with E-state index >= 15 is 0 Å². The Kier molecular flexibility index (Phi) is 6.28. The Bertz CT molecular complexity index is 506. The van der Waals surface area contributed by atoms with Crippen molar-refractivity contribution in [2.75, 3.05) is 0 Å². The molecule has 5 N–H and O–H groups in total. The quantitative estimate of drug-likeness (QED) is 0.500. The van der Waals surface area contributed by atoms with Crippen molar-refractivity contribution in [3.8, 4) is 0 Å². The van der Waals surface area contributed by atoms with E-state index in [0.29, 0.717) is 0 Å². The smallest absolute Gasteiger partial charge is 0.326 e. The third kappa shape index (κ3) is 6.00. The number of pyridine rings is 1. The van der Waals surface area contributed by atoms with E-state index in [9.17, 15) is 14.4 Å². The molecule has 0 saturated carbocycles. The molecule has 8 nitrogen and oxygen atoms in total. The van der Waals surface area contributed by atoms with Crippen molar-refractivity contribution in [1.82, 2.24) is 10.3 Å². The predicted octanol–water partition coefficient (Wildman–Crippen LogP) is -0.614. The largest absolute Gasteiger partial charge is 0.481 e. The summed E-state index contributed by atoms with van der Waals surface area (Å²) in [6.45, 7) is 0. The van der Waals surface area contributed by atoms with Crippen molar-refractivity contribution in [2.45, 2.75) is 31.3 Å². The molecule has 1 heterocycles. The van der Waals surface area contributed by atoms with Gasteiger partial charge in [0, 0.05) is 18.8 Å². The van der Waals surface area contributed by atoms with Crippen LogP contribution < -0.4 is 11.1 Å². The molecule has 0 aliphatic heterocycles. The Morgan fingerprint density at radius 2 is 2.05 bits per heavy atom. The summed E-state index contributed by atoms with van der Waals surface area (Å²) in [7, 11) is 0. The number of aromatic nitrogens is 1. The maximum Gasteiger partial charge on any atom is 0.326 e. The first kappa shape index (κ1) is 16.6. The van der Waals surface area contributed by atoms with Gasteiger partial charge in [-0.2, -0.15) is 0 Å². The normalized spacial score (nSPS) is 13.2. The summed E-state index contributed by atoms with van der Waals surface area (Å²) in [6, 6.07) is 1.25. The molecule has 0 radical (unpaired) electrons. The topological polar surface area (TPSA) is 143 Å². The molecular weight excluding hydrogens is 278 g/mol. The standard InChI is InChI=1S/C13H17N3O5/c14-9(6-8-2-1-5-15-7-8)12(19)16-10(13(20)21)3-4-11(17)18/h1-2,5,7,9-10H,3-4,6,14H2,(H,16,19)(H,17,18)(H,20,21)/t9-,10-/m0/s1. The first-order valence-electron chi connectivity index (χ1n) is 6.29. The Morgan fingerprint density at radius 3 is 2.57 bits per heavy atom. The van der Waals surface area contributed by atoms with Gasteiger partial charge in [-0.05, 0) is 24.5 Å². The summed E-state index contributed by atoms with van der Waals surface area (Å²) in [5.74, 6) is -3.06. The van der Waals surface area contributed by atoms with Crippen LogP contribution in [0.1, 0.15) is 18.4 Å². The number of aliphatic carboxylic acids is 2. The highest BCUT2D eigenvalue weighted by Gasteiger charge is 2.24. The van der Waals surface area contributed by atoms with Crippen LogP contribution in [0.2, 0.25) is 0 Å². The van der Waals surface area contributed by atoms with E-state index in [1.165, 1.54) is 0 Å². The fourth-order valence-electron chi connectivity index (χ4n) is 1.67. The number of carbonyl (C=O) groups is 3. The molecule has 0 aromatic carbocycles. The van der Waals surface area contributed by atoms with Crippen LogP contribution in [-0.4, -0.2) is 45.1 Å². The Labute approximate surface area is 121 Å². The number of amides is 1. The van der Waals surface area contributed by atoms with E-state index in [0.717, 1.165) is 5.56 Å². The van der Waals surface area contributed by atoms with E-state index in [2.05, 4.69) is 10.3 Å². The number of carbonyl (C=O) groups excluding carboxylic acids is 1. The van der Waals surface area contributed by atoms with Crippen molar-refractivity contribution >= 4 is 17.8 Å². The maximum atomic E-state index is 11.8. The molecule has 21 heavy (non-hydrogen) atoms. The summed E-state index contributed by atoms with van der Waals surface area (Å²) in [6.07, 6.45) is 2.81. The third-order valence-corrected chi connectivity index (χ3v) is 2.78. The lowest BCUT2D eigenvalue weighted by atomic mass is 10.1. The number of hydrogen-bond acceptors (Lipinski definition) is 5. The highest BCUT2D eigenvalue weighted by Crippen LogP contribution is 2.02. The summed E-state index contributed by atoms with van der Waals surface area (Å²) >= 11 is 0. The molecule has 0 bridgehead atoms. The molecular formula is C13H17N3O5. The molecule has 0 fully saturated rings. The number of carboxylic acids is 2. The zero-order valence-corrected chi connectivity index (χ0v) is 11.2. The molecule has 0 aliphatic carbocycles. The average Bonchev–Trinajstić information content (AvgIpc) is 2.43. The van der Waals surface area contributed by atoms with Crippen molar-refractivity contribution < 1.29 is 24.6 Å². The zero-order valence-electron chi connectivity index (χ0n) is 11.2. The molecule has 0 spiro atoms. The lowest BCUT2D eigenvalue weighted by Gasteiger charge is -2.17. The van der Waals surface area contributed by atoms with E-state index in [4.69, 9.17) is 15.9 Å². The Morgan fingerprint density at radius 1 is 1.33 bits per heavy atom. The van der Waals surface area contributed by atoms with Crippen LogP contribution in [0.3, 0.4) is 0 Å². The number of nitrogens with zero attached hydrogens (tertiary/aromatic N) is 1. The molecule has 2 atom stereocenters. The van der Waals surface area contributed by atoms with Crippen LogP contribution in [0.25, 0.3) is 0 Å². The van der Waals surface area contributed by atoms with E-state index in [-0.39, 0.29) is 19.3 Å². The van der Waals surface area contributed by atoms with Gasteiger partial charge in [0.05, 0.1) is 6.04 Å². The van der Waals surface area contributed by atoms with Crippen LogP contribution in [-0.2, 0) is 20.8 Å². The lowest BCUT2D eigenvalue weighted by Crippen LogP contribution is -2.49. The summed E-state index contributed by atoms with van der Waals surface area (Å²) in [4.78, 5) is 37.1. The number of nitrogens with one attached hydrogen (secondary N) is 1. The fourth-order valence-corrected chi connectivity index (χ4v) is 1.67. The molecule has 8 heteroatoms. The second-order valence-corrected chi connectivity index (χ2v) is 4.50. The van der Waals surface area contributed by atoms with Gasteiger partial charge in [0.1, 0.15) is 6.04 Å². The van der Waals surface area contributed by atoms with Gasteiger partial charge in [-0.3, -0.25) is 14.6 Å². The molecule has 0 saturated heterocycles. The summed E-state index contributed by atoms with van der Waals surface area (Å²) in [5, 5.41) is 19.7. The van der Waals surface area contributed by atoms with Gasteiger partial charge in [-0.15, -0.1) is 0 Å². The van der Waals surface area contributed by atoms with Crippen LogP contribution in [0.4, 0.5) is 0 Å². The average molecular weight is 295 g/mol. The summed E-state index contributed by atoms with van der Waals surface area (Å²) < 4.78 is 0. The SMILES string of the molecule is N[C@@H](Cc1cccnc1)C(=O)N[C@@H](CCC(=O)O)C(=O)O. The molecule has 0 unspecified atom stereocenters. The predicted molar refractivity (Wildman–Crippen MR) is 72.4 cm³/mol. The zero-order chi connectivity index (χ0) is 15.8. The van der Waals surface area contributed by atoms with Crippen LogP contribution in [0, 0.1) is 0 Å². The minimum absolute atomic E-state index is 0.198. The fraction of sp³-hybridized carbons (Fsp3) is 0.385. The second kappa shape index (κ2) is 7.95. The van der Waals surface area contributed by atoms with Crippen molar-refractivity contribution in [3.05, 3.63) is 30.1 Å². The molecule has 1 aromatic heterocycles. The minimum atomic E-state index is -1.29. The Balaban J connectivity index is 2.56. The summed E-state index contributed by atoms with van der Waals surface area (Å²) in [5.41, 5.74) is 6.45. The maximum absolute atomic E-state index is 11.8. The molecule has 1 rings (SSSR count). The van der Waals surface area contributed by atoms with Crippen LogP contribution in [0.15, 0.2) is 24.5 Å². The van der Waals surface area contributed by atoms with Gasteiger partial charge in [0.25, 0.3) is 0 Å². The number of carboxylic acid groups (broad SMARTS) is 2. The van der Waals surface area contributed by atoms with Gasteiger partial charge in [0.15, 0.2) is 0 Å². The highest BCUT2D eigenvalue weighted by atomic mass is 16.4. The van der Waals surface area contributed by atoms with Gasteiger partial charge in [0.2, 0.25) is 5.91 Å². The molecule has 1 amide bonds. The highest BCUT2D eigenvalue weighted by molar-refractivity contribution is 5.87. The van der Waals surface area contributed by atoms with Crippen molar-refractivity contribution in [2.24, 2.45) is 5.73 Å². The number of rotatable bonds is 8. The molecule has 114 valence electrons. The molecule has 1 aromatic rings. The Hall–Kier alpha value is -2.48. The van der Waals surface area contributed by atoms with Crippen molar-refractivity contribution in [3.63, 3.8) is 0 Å². The molecule has 0 aliphatic rings. The second-order valence-electron chi connectivity index (χ2n) is 4.50. The minimum Gasteiger partial charge on any atom is -0.481 e. The van der Waals surface area contributed by atoms with Gasteiger partial charge in [-0.1, -0.05) is 6.07 Å². The van der Waals surface area contributed by atoms with Crippen molar-refractivity contribution in [1.29, 1.82) is 0 Å². The van der Waals surface area contributed by atoms with E-state index in [1.807, 2.05) is 0 Å². The van der Waals surface area contributed by atoms with Gasteiger partial charge < -0.3 is 21.3 Å². The van der Waals surface area contributed by atoms with E-state index < -0.39 is 29.9 Å².